The second-order valence-electron chi connectivity index (χ2n) is 5.13. The number of rotatable bonds is 4. The van der Waals surface area contributed by atoms with Crippen molar-refractivity contribution in [1.82, 2.24) is 15.1 Å². The van der Waals surface area contributed by atoms with Gasteiger partial charge in [0.05, 0.1) is 0 Å². The lowest BCUT2D eigenvalue weighted by Gasteiger charge is -2.07. The number of nitrogens with one attached hydrogen (secondary N) is 2. The number of aryl methyl sites for hydroxylation is 2. The first-order valence-electron chi connectivity index (χ1n) is 7.12. The van der Waals surface area contributed by atoms with Crippen molar-refractivity contribution in [2.24, 2.45) is 0 Å². The van der Waals surface area contributed by atoms with Gasteiger partial charge in [-0.3, -0.25) is 4.79 Å². The normalized spacial score (nSPS) is 10.5. The minimum Gasteiger partial charge on any atom is -0.360 e. The Kier molecular flexibility index (Phi) is 4.57. The molecule has 0 fully saturated rings. The van der Waals surface area contributed by atoms with Crippen LogP contribution in [0.5, 0.6) is 0 Å². The maximum Gasteiger partial charge on any atom is 0.275 e. The number of carbonyl (C=O) groups excluding carboxylic acids is 1. The molecule has 1 amide bonds. The van der Waals surface area contributed by atoms with Crippen LogP contribution in [0.25, 0.3) is 0 Å². The van der Waals surface area contributed by atoms with Gasteiger partial charge in [-0.25, -0.2) is 9.97 Å². The molecular weight excluding hydrogens is 374 g/mol. The van der Waals surface area contributed by atoms with E-state index in [4.69, 9.17) is 4.52 Å². The molecule has 2 N–H and O–H groups in total. The number of benzene rings is 1. The van der Waals surface area contributed by atoms with Crippen LogP contribution in [0.2, 0.25) is 0 Å². The molecule has 2 heterocycles. The van der Waals surface area contributed by atoms with Gasteiger partial charge in [0.1, 0.15) is 11.5 Å². The van der Waals surface area contributed by atoms with Crippen LogP contribution in [0.4, 0.5) is 17.5 Å². The highest BCUT2D eigenvalue weighted by molar-refractivity contribution is 9.10. The molecule has 2 aromatic heterocycles. The topological polar surface area (TPSA) is 92.9 Å². The van der Waals surface area contributed by atoms with Gasteiger partial charge in [-0.05, 0) is 37.6 Å². The first kappa shape index (κ1) is 16.1. The van der Waals surface area contributed by atoms with Crippen molar-refractivity contribution in [2.75, 3.05) is 10.6 Å². The first-order chi connectivity index (χ1) is 11.5. The Balaban J connectivity index is 1.75. The van der Waals surface area contributed by atoms with Crippen molar-refractivity contribution in [1.29, 1.82) is 0 Å². The highest BCUT2D eigenvalue weighted by atomic mass is 79.9. The van der Waals surface area contributed by atoms with E-state index in [0.717, 1.165) is 15.7 Å². The fourth-order valence-electron chi connectivity index (χ4n) is 1.95. The van der Waals surface area contributed by atoms with E-state index >= 15 is 0 Å². The molecule has 0 bridgehead atoms. The summed E-state index contributed by atoms with van der Waals surface area (Å²) in [5.41, 5.74) is 2.16. The Labute approximate surface area is 146 Å². The van der Waals surface area contributed by atoms with E-state index in [1.165, 1.54) is 12.3 Å². The summed E-state index contributed by atoms with van der Waals surface area (Å²) in [6.07, 6.45) is 1.52. The van der Waals surface area contributed by atoms with Gasteiger partial charge >= 0.3 is 0 Å². The van der Waals surface area contributed by atoms with E-state index in [9.17, 15) is 4.79 Å². The van der Waals surface area contributed by atoms with Gasteiger partial charge in [0.25, 0.3) is 5.91 Å². The van der Waals surface area contributed by atoms with Crippen LogP contribution in [0.15, 0.2) is 45.5 Å². The molecule has 0 atom stereocenters. The number of amides is 1. The molecule has 0 radical (unpaired) electrons. The molecule has 0 aliphatic rings. The van der Waals surface area contributed by atoms with Gasteiger partial charge in [0.15, 0.2) is 5.82 Å². The van der Waals surface area contributed by atoms with Crippen LogP contribution < -0.4 is 10.6 Å². The fourth-order valence-corrected chi connectivity index (χ4v) is 2.33. The second kappa shape index (κ2) is 6.79. The van der Waals surface area contributed by atoms with E-state index in [1.807, 2.05) is 25.1 Å². The van der Waals surface area contributed by atoms with Gasteiger partial charge < -0.3 is 15.2 Å². The predicted octanol–water partition coefficient (Wildman–Crippen LogP) is 3.84. The maximum atomic E-state index is 12.2. The summed E-state index contributed by atoms with van der Waals surface area (Å²) in [7, 11) is 0. The molecule has 0 saturated carbocycles. The first-order valence-corrected chi connectivity index (χ1v) is 7.91. The van der Waals surface area contributed by atoms with Crippen molar-refractivity contribution in [2.45, 2.75) is 13.8 Å². The monoisotopic (exact) mass is 387 g/mol. The van der Waals surface area contributed by atoms with Crippen molar-refractivity contribution < 1.29 is 9.32 Å². The van der Waals surface area contributed by atoms with Crippen LogP contribution >= 0.6 is 15.9 Å². The predicted molar refractivity (Wildman–Crippen MR) is 93.4 cm³/mol. The van der Waals surface area contributed by atoms with Crippen LogP contribution in [-0.4, -0.2) is 21.0 Å². The smallest absolute Gasteiger partial charge is 0.275 e. The highest BCUT2D eigenvalue weighted by Gasteiger charge is 2.11. The third kappa shape index (κ3) is 3.77. The van der Waals surface area contributed by atoms with E-state index in [0.29, 0.717) is 17.5 Å². The lowest BCUT2D eigenvalue weighted by molar-refractivity contribution is 0.102. The Morgan fingerprint density at radius 2 is 2.04 bits per heavy atom. The summed E-state index contributed by atoms with van der Waals surface area (Å²) in [5, 5.41) is 9.40. The number of aromatic nitrogens is 3. The average Bonchev–Trinajstić information content (AvgIpc) is 2.96. The zero-order chi connectivity index (χ0) is 17.1. The Morgan fingerprint density at radius 1 is 1.21 bits per heavy atom. The standard InChI is InChI=1S/C16H14BrN5O2/c1-9-3-4-11(8-12(9)17)19-16-18-6-5-13(20-16)15(23)21-14-7-10(2)24-22-14/h3-8H,1-2H3,(H,18,19,20)(H,21,22,23). The SMILES string of the molecule is Cc1cc(NC(=O)c2ccnc(Nc3ccc(C)c(Br)c3)n2)no1. The average molecular weight is 388 g/mol. The Hall–Kier alpha value is -2.74. The molecule has 7 nitrogen and oxygen atoms in total. The van der Waals surface area contributed by atoms with Gasteiger partial charge in [0, 0.05) is 22.4 Å². The van der Waals surface area contributed by atoms with Gasteiger partial charge in [-0.15, -0.1) is 0 Å². The van der Waals surface area contributed by atoms with E-state index in [-0.39, 0.29) is 11.6 Å². The van der Waals surface area contributed by atoms with Gasteiger partial charge in [-0.2, -0.15) is 0 Å². The molecule has 0 unspecified atom stereocenters. The number of anilines is 3. The minimum absolute atomic E-state index is 0.222. The van der Waals surface area contributed by atoms with E-state index in [2.05, 4.69) is 41.7 Å². The lowest BCUT2D eigenvalue weighted by atomic mass is 10.2. The summed E-state index contributed by atoms with van der Waals surface area (Å²) in [5.74, 6) is 0.891. The quantitative estimate of drug-likeness (QED) is 0.706. The Morgan fingerprint density at radius 3 is 2.75 bits per heavy atom. The van der Waals surface area contributed by atoms with Crippen molar-refractivity contribution in [3.05, 3.63) is 58.0 Å². The molecule has 3 aromatic rings. The Bertz CT molecular complexity index is 894. The van der Waals surface area contributed by atoms with Crippen LogP contribution in [-0.2, 0) is 0 Å². The molecule has 122 valence electrons. The number of nitrogens with zero attached hydrogens (tertiary/aromatic N) is 3. The summed E-state index contributed by atoms with van der Waals surface area (Å²) >= 11 is 3.48. The van der Waals surface area contributed by atoms with E-state index < -0.39 is 0 Å². The zero-order valence-corrected chi connectivity index (χ0v) is 14.6. The van der Waals surface area contributed by atoms with Crippen molar-refractivity contribution in [3.8, 4) is 0 Å². The summed E-state index contributed by atoms with van der Waals surface area (Å²) in [6, 6.07) is 8.95. The molecule has 3 rings (SSSR count). The lowest BCUT2D eigenvalue weighted by Crippen LogP contribution is -2.15. The minimum atomic E-state index is -0.390. The van der Waals surface area contributed by atoms with Gasteiger partial charge in [0.2, 0.25) is 5.95 Å². The summed E-state index contributed by atoms with van der Waals surface area (Å²) < 4.78 is 5.89. The molecular formula is C16H14BrN5O2. The second-order valence-corrected chi connectivity index (χ2v) is 5.99. The molecule has 0 aliphatic carbocycles. The number of carbonyl (C=O) groups is 1. The molecule has 0 spiro atoms. The highest BCUT2D eigenvalue weighted by Crippen LogP contribution is 2.22. The van der Waals surface area contributed by atoms with Gasteiger partial charge in [-0.1, -0.05) is 27.2 Å². The molecule has 0 saturated heterocycles. The third-order valence-corrected chi connectivity index (χ3v) is 4.04. The van der Waals surface area contributed by atoms with Crippen molar-refractivity contribution in [3.63, 3.8) is 0 Å². The van der Waals surface area contributed by atoms with E-state index in [1.54, 1.807) is 13.0 Å². The summed E-state index contributed by atoms with van der Waals surface area (Å²) in [4.78, 5) is 20.6. The number of hydrogen-bond acceptors (Lipinski definition) is 6. The van der Waals surface area contributed by atoms with Crippen molar-refractivity contribution >= 4 is 39.3 Å². The van der Waals surface area contributed by atoms with Crippen LogP contribution in [0, 0.1) is 13.8 Å². The fraction of sp³-hybridized carbons (Fsp3) is 0.125. The maximum absolute atomic E-state index is 12.2. The van der Waals surface area contributed by atoms with Crippen LogP contribution in [0.1, 0.15) is 21.8 Å². The molecule has 0 aliphatic heterocycles. The van der Waals surface area contributed by atoms with Crippen LogP contribution in [0.3, 0.4) is 0 Å². The largest absolute Gasteiger partial charge is 0.360 e. The third-order valence-electron chi connectivity index (χ3n) is 3.19. The number of halogens is 1. The molecule has 1 aromatic carbocycles. The number of hydrogen-bond donors (Lipinski definition) is 2. The molecule has 24 heavy (non-hydrogen) atoms. The zero-order valence-electron chi connectivity index (χ0n) is 13.0. The summed E-state index contributed by atoms with van der Waals surface area (Å²) in [6.45, 7) is 3.75. The molecule has 8 heteroatoms.